The largest absolute Gasteiger partial charge is 0.358 e. The molecular weight excluding hydrogens is 536 g/mol. The number of aromatic nitrogens is 1. The van der Waals surface area contributed by atoms with Crippen molar-refractivity contribution >= 4 is 50.6 Å². The zero-order valence-corrected chi connectivity index (χ0v) is 23.5. The molecule has 0 spiro atoms. The van der Waals surface area contributed by atoms with Crippen LogP contribution < -0.4 is 10.6 Å². The molecule has 3 N–H and O–H groups in total. The molecule has 1 saturated heterocycles. The first kappa shape index (κ1) is 27.2. The van der Waals surface area contributed by atoms with Gasteiger partial charge in [-0.15, -0.1) is 0 Å². The lowest BCUT2D eigenvalue weighted by Crippen LogP contribution is -2.33. The zero-order valence-electron chi connectivity index (χ0n) is 21.9. The van der Waals surface area contributed by atoms with Gasteiger partial charge >= 0.3 is 0 Å². The van der Waals surface area contributed by atoms with Crippen molar-refractivity contribution in [1.29, 1.82) is 0 Å². The molecule has 0 saturated carbocycles. The molecule has 2 aliphatic rings. The van der Waals surface area contributed by atoms with E-state index in [0.29, 0.717) is 50.9 Å². The third-order valence-corrected chi connectivity index (χ3v) is 9.20. The number of H-pyrrole nitrogens is 1. The van der Waals surface area contributed by atoms with Crippen LogP contribution in [-0.4, -0.2) is 56.3 Å². The number of halogens is 1. The van der Waals surface area contributed by atoms with Gasteiger partial charge in [0.05, 0.1) is 21.8 Å². The molecule has 204 valence electrons. The van der Waals surface area contributed by atoms with Crippen molar-refractivity contribution in [2.45, 2.75) is 37.3 Å². The summed E-state index contributed by atoms with van der Waals surface area (Å²) in [6, 6.07) is 11.4. The Kier molecular flexibility index (Phi) is 7.66. The molecule has 39 heavy (non-hydrogen) atoms. The molecule has 1 fully saturated rings. The van der Waals surface area contributed by atoms with Crippen LogP contribution in [0, 0.1) is 13.8 Å². The SMILES string of the molecule is Cc1[nH]c(/C=C2\C(=O)Nc3ccc(S(=O)(=O)Cc4cccc(Cl)c4)cc32)c(C)c1C(=O)NCCN1CCCC1. The number of carbonyl (C=O) groups excluding carboxylic acids is 2. The number of aryl methyl sites for hydroxylation is 1. The Hall–Kier alpha value is -3.40. The molecule has 2 amide bonds. The Balaban J connectivity index is 1.39. The first-order chi connectivity index (χ1) is 18.6. The predicted octanol–water partition coefficient (Wildman–Crippen LogP) is 4.58. The minimum absolute atomic E-state index is 0.112. The summed E-state index contributed by atoms with van der Waals surface area (Å²) in [6.07, 6.45) is 4.08. The molecule has 5 rings (SSSR count). The fourth-order valence-corrected chi connectivity index (χ4v) is 6.83. The van der Waals surface area contributed by atoms with Gasteiger partial charge in [0.25, 0.3) is 11.8 Å². The molecule has 8 nitrogen and oxygen atoms in total. The minimum atomic E-state index is -3.69. The number of rotatable bonds is 8. The van der Waals surface area contributed by atoms with E-state index in [1.165, 1.54) is 25.0 Å². The maximum Gasteiger partial charge on any atom is 0.256 e. The van der Waals surface area contributed by atoms with Crippen molar-refractivity contribution in [2.75, 3.05) is 31.5 Å². The number of anilines is 1. The summed E-state index contributed by atoms with van der Waals surface area (Å²) in [5.74, 6) is -0.703. The van der Waals surface area contributed by atoms with Crippen LogP contribution >= 0.6 is 11.6 Å². The van der Waals surface area contributed by atoms with E-state index in [2.05, 4.69) is 20.5 Å². The highest BCUT2D eigenvalue weighted by molar-refractivity contribution is 7.90. The maximum absolute atomic E-state index is 13.2. The second-order valence-electron chi connectivity index (χ2n) is 10.1. The number of hydrogen-bond acceptors (Lipinski definition) is 5. The molecule has 0 aliphatic carbocycles. The first-order valence-electron chi connectivity index (χ1n) is 13.0. The van der Waals surface area contributed by atoms with Gasteiger partial charge in [-0.2, -0.15) is 0 Å². The van der Waals surface area contributed by atoms with E-state index in [-0.39, 0.29) is 22.5 Å². The van der Waals surface area contributed by atoms with E-state index < -0.39 is 9.84 Å². The summed E-state index contributed by atoms with van der Waals surface area (Å²) in [6.45, 7) is 7.20. The third-order valence-electron chi connectivity index (χ3n) is 7.28. The van der Waals surface area contributed by atoms with Crippen molar-refractivity contribution in [3.05, 3.63) is 81.1 Å². The summed E-state index contributed by atoms with van der Waals surface area (Å²) >= 11 is 6.03. The van der Waals surface area contributed by atoms with Crippen molar-refractivity contribution in [3.8, 4) is 0 Å². The molecular formula is C29H31ClN4O4S. The molecule has 2 aromatic carbocycles. The number of hydrogen-bond donors (Lipinski definition) is 3. The number of amides is 2. The highest BCUT2D eigenvalue weighted by Crippen LogP contribution is 2.36. The average molecular weight is 567 g/mol. The molecule has 2 aliphatic heterocycles. The van der Waals surface area contributed by atoms with E-state index in [0.717, 1.165) is 25.2 Å². The highest BCUT2D eigenvalue weighted by Gasteiger charge is 2.28. The number of nitrogens with zero attached hydrogens (tertiary/aromatic N) is 1. The molecule has 0 bridgehead atoms. The van der Waals surface area contributed by atoms with Gasteiger partial charge in [-0.1, -0.05) is 23.7 Å². The van der Waals surface area contributed by atoms with Crippen LogP contribution in [-0.2, 0) is 20.4 Å². The Morgan fingerprint density at radius 1 is 1.13 bits per heavy atom. The highest BCUT2D eigenvalue weighted by atomic mass is 35.5. The standard InChI is InChI=1S/C29H31ClN4O4S/c1-18-26(32-19(2)27(18)29(36)31-10-13-34-11-3-4-12-34)16-24-23-15-22(8-9-25(23)33-28(24)35)39(37,38)17-20-6-5-7-21(30)14-20/h5-9,14-16,32H,3-4,10-13,17H2,1-2H3,(H,31,36)(H,33,35)/b24-16-. The lowest BCUT2D eigenvalue weighted by atomic mass is 10.0. The van der Waals surface area contributed by atoms with Crippen molar-refractivity contribution in [2.24, 2.45) is 0 Å². The summed E-state index contributed by atoms with van der Waals surface area (Å²) < 4.78 is 26.4. The predicted molar refractivity (Wildman–Crippen MR) is 154 cm³/mol. The van der Waals surface area contributed by atoms with Crippen LogP contribution in [0.1, 0.15) is 51.3 Å². The number of likely N-dealkylation sites (tertiary alicyclic amines) is 1. The van der Waals surface area contributed by atoms with Gasteiger partial charge in [0.15, 0.2) is 9.84 Å². The van der Waals surface area contributed by atoms with Gasteiger partial charge in [0.2, 0.25) is 0 Å². The van der Waals surface area contributed by atoms with Crippen molar-refractivity contribution in [3.63, 3.8) is 0 Å². The van der Waals surface area contributed by atoms with E-state index in [4.69, 9.17) is 11.6 Å². The van der Waals surface area contributed by atoms with E-state index in [1.807, 2.05) is 13.8 Å². The van der Waals surface area contributed by atoms with E-state index in [1.54, 1.807) is 36.4 Å². The summed E-state index contributed by atoms with van der Waals surface area (Å²) in [5, 5.41) is 6.28. The second-order valence-corrected chi connectivity index (χ2v) is 12.5. The number of benzene rings is 2. The molecule has 3 aromatic rings. The molecule has 0 radical (unpaired) electrons. The van der Waals surface area contributed by atoms with Crippen LogP contribution in [0.15, 0.2) is 47.4 Å². The number of sulfone groups is 1. The number of fused-ring (bicyclic) bond motifs is 1. The quantitative estimate of drug-likeness (QED) is 0.346. The van der Waals surface area contributed by atoms with Crippen LogP contribution in [0.5, 0.6) is 0 Å². The van der Waals surface area contributed by atoms with E-state index in [9.17, 15) is 18.0 Å². The Morgan fingerprint density at radius 2 is 1.90 bits per heavy atom. The fraction of sp³-hybridized carbons (Fsp3) is 0.310. The summed E-state index contributed by atoms with van der Waals surface area (Å²) in [4.78, 5) is 31.5. The van der Waals surface area contributed by atoms with Gasteiger partial charge in [-0.05, 0) is 87.3 Å². The van der Waals surface area contributed by atoms with Crippen molar-refractivity contribution < 1.29 is 18.0 Å². The van der Waals surface area contributed by atoms with Crippen molar-refractivity contribution in [1.82, 2.24) is 15.2 Å². The third kappa shape index (κ3) is 5.80. The maximum atomic E-state index is 13.2. The average Bonchev–Trinajstić information content (AvgIpc) is 3.57. The number of aromatic amines is 1. The second kappa shape index (κ2) is 11.0. The van der Waals surface area contributed by atoms with Crippen LogP contribution in [0.3, 0.4) is 0 Å². The molecule has 0 atom stereocenters. The normalized spacial score (nSPS) is 16.5. The van der Waals surface area contributed by atoms with Gasteiger partial charge in [-0.25, -0.2) is 8.42 Å². The van der Waals surface area contributed by atoms with E-state index >= 15 is 0 Å². The van der Waals surface area contributed by atoms with Gasteiger partial charge in [0.1, 0.15) is 0 Å². The molecule has 3 heterocycles. The Bertz CT molecular complexity index is 1590. The zero-order chi connectivity index (χ0) is 27.7. The lowest BCUT2D eigenvalue weighted by molar-refractivity contribution is -0.110. The minimum Gasteiger partial charge on any atom is -0.358 e. The summed E-state index contributed by atoms with van der Waals surface area (Å²) in [7, 11) is -3.69. The van der Waals surface area contributed by atoms with Crippen LogP contribution in [0.25, 0.3) is 11.6 Å². The van der Waals surface area contributed by atoms with Gasteiger partial charge in [-0.3, -0.25) is 9.59 Å². The molecule has 0 unspecified atom stereocenters. The van der Waals surface area contributed by atoms with Crippen LogP contribution in [0.4, 0.5) is 5.69 Å². The monoisotopic (exact) mass is 566 g/mol. The van der Waals surface area contributed by atoms with Gasteiger partial charge in [0, 0.05) is 40.8 Å². The van der Waals surface area contributed by atoms with Gasteiger partial charge < -0.3 is 20.5 Å². The Morgan fingerprint density at radius 3 is 2.64 bits per heavy atom. The molecule has 10 heteroatoms. The Labute approximate surface area is 233 Å². The summed E-state index contributed by atoms with van der Waals surface area (Å²) in [5.41, 5.74) is 4.55. The topological polar surface area (TPSA) is 111 Å². The first-order valence-corrected chi connectivity index (χ1v) is 15.0. The lowest BCUT2D eigenvalue weighted by Gasteiger charge is -2.14. The number of nitrogens with one attached hydrogen (secondary N) is 3. The number of carbonyl (C=O) groups is 2. The molecule has 1 aromatic heterocycles. The fourth-order valence-electron chi connectivity index (χ4n) is 5.26. The smallest absolute Gasteiger partial charge is 0.256 e. The van der Waals surface area contributed by atoms with Crippen LogP contribution in [0.2, 0.25) is 5.02 Å².